The van der Waals surface area contributed by atoms with Crippen molar-refractivity contribution in [3.63, 3.8) is 0 Å². The number of ether oxygens (including phenoxy) is 1. The van der Waals surface area contributed by atoms with Gasteiger partial charge in [-0.05, 0) is 36.8 Å². The van der Waals surface area contributed by atoms with E-state index in [1.165, 1.54) is 6.07 Å². The fourth-order valence-corrected chi connectivity index (χ4v) is 3.35. The van der Waals surface area contributed by atoms with Crippen LogP contribution < -0.4 is 15.3 Å². The van der Waals surface area contributed by atoms with Crippen molar-refractivity contribution in [3.05, 3.63) is 65.1 Å². The number of hydrogen-bond donors (Lipinski definition) is 0. The van der Waals surface area contributed by atoms with Crippen LogP contribution in [-0.4, -0.2) is 49.2 Å². The molecule has 0 radical (unpaired) electrons. The Morgan fingerprint density at radius 1 is 1.04 bits per heavy atom. The van der Waals surface area contributed by atoms with Crippen molar-refractivity contribution < 1.29 is 9.15 Å². The summed E-state index contributed by atoms with van der Waals surface area (Å²) in [6.07, 6.45) is 2.80. The maximum atomic E-state index is 11.3. The van der Waals surface area contributed by atoms with E-state index in [1.807, 2.05) is 30.5 Å². The molecule has 4 rings (SSSR count). The zero-order chi connectivity index (χ0) is 18.5. The Bertz CT molecular complexity index is 934. The van der Waals surface area contributed by atoms with E-state index in [0.29, 0.717) is 12.2 Å². The van der Waals surface area contributed by atoms with E-state index in [-0.39, 0.29) is 5.63 Å². The normalized spacial score (nSPS) is 15.2. The Morgan fingerprint density at radius 2 is 1.89 bits per heavy atom. The number of anilines is 1. The molecule has 1 fully saturated rings. The number of aromatic nitrogens is 1. The third-order valence-corrected chi connectivity index (χ3v) is 4.83. The quantitative estimate of drug-likeness (QED) is 0.495. The maximum Gasteiger partial charge on any atom is 0.336 e. The highest BCUT2D eigenvalue weighted by molar-refractivity contribution is 5.77. The van der Waals surface area contributed by atoms with E-state index < -0.39 is 0 Å². The average Bonchev–Trinajstić information content (AvgIpc) is 2.72. The summed E-state index contributed by atoms with van der Waals surface area (Å²) in [4.78, 5) is 20.5. The first kappa shape index (κ1) is 17.5. The van der Waals surface area contributed by atoms with Gasteiger partial charge in [-0.25, -0.2) is 9.78 Å². The molecule has 6 nitrogen and oxygen atoms in total. The molecule has 1 aliphatic heterocycles. The molecule has 140 valence electrons. The summed E-state index contributed by atoms with van der Waals surface area (Å²) in [7, 11) is 0. The van der Waals surface area contributed by atoms with Gasteiger partial charge in [0.2, 0.25) is 0 Å². The van der Waals surface area contributed by atoms with Crippen molar-refractivity contribution in [2.75, 3.05) is 44.2 Å². The van der Waals surface area contributed by atoms with Gasteiger partial charge in [-0.1, -0.05) is 6.07 Å². The number of pyridine rings is 1. The van der Waals surface area contributed by atoms with Crippen LogP contribution in [0.1, 0.15) is 6.42 Å². The molecule has 1 aliphatic rings. The van der Waals surface area contributed by atoms with Gasteiger partial charge in [0.05, 0.1) is 6.61 Å². The molecule has 0 bridgehead atoms. The zero-order valence-electron chi connectivity index (χ0n) is 15.2. The zero-order valence-corrected chi connectivity index (χ0v) is 15.2. The molecule has 0 atom stereocenters. The molecule has 3 aromatic rings. The van der Waals surface area contributed by atoms with Gasteiger partial charge >= 0.3 is 5.63 Å². The molecular weight excluding hydrogens is 342 g/mol. The minimum absolute atomic E-state index is 0.343. The maximum absolute atomic E-state index is 11.3. The molecule has 0 spiro atoms. The Balaban J connectivity index is 1.21. The van der Waals surface area contributed by atoms with Crippen LogP contribution >= 0.6 is 0 Å². The molecule has 6 heteroatoms. The first-order valence-electron chi connectivity index (χ1n) is 9.33. The van der Waals surface area contributed by atoms with Gasteiger partial charge in [0.25, 0.3) is 0 Å². The molecule has 0 aliphatic carbocycles. The van der Waals surface area contributed by atoms with Gasteiger partial charge in [0.15, 0.2) is 0 Å². The van der Waals surface area contributed by atoms with Crippen molar-refractivity contribution in [1.82, 2.24) is 9.88 Å². The highest BCUT2D eigenvalue weighted by atomic mass is 16.5. The van der Waals surface area contributed by atoms with Crippen molar-refractivity contribution in [2.45, 2.75) is 6.42 Å². The Hall–Kier alpha value is -2.86. The summed E-state index contributed by atoms with van der Waals surface area (Å²) < 4.78 is 11.0. The molecule has 0 amide bonds. The second kappa shape index (κ2) is 8.22. The number of rotatable bonds is 6. The van der Waals surface area contributed by atoms with Crippen LogP contribution in [0.4, 0.5) is 5.82 Å². The first-order chi connectivity index (χ1) is 13.3. The van der Waals surface area contributed by atoms with Gasteiger partial charge in [0, 0.05) is 56.4 Å². The van der Waals surface area contributed by atoms with Crippen LogP contribution in [0.15, 0.2) is 63.9 Å². The minimum atomic E-state index is -0.343. The van der Waals surface area contributed by atoms with E-state index in [9.17, 15) is 4.79 Å². The van der Waals surface area contributed by atoms with Crippen LogP contribution in [-0.2, 0) is 0 Å². The number of benzene rings is 1. The molecule has 0 N–H and O–H groups in total. The predicted octanol–water partition coefficient (Wildman–Crippen LogP) is 2.78. The van der Waals surface area contributed by atoms with E-state index in [1.54, 1.807) is 12.1 Å². The van der Waals surface area contributed by atoms with E-state index in [4.69, 9.17) is 9.15 Å². The number of piperazine rings is 1. The van der Waals surface area contributed by atoms with Crippen LogP contribution in [0.5, 0.6) is 5.75 Å². The molecule has 0 unspecified atom stereocenters. The fraction of sp³-hybridized carbons (Fsp3) is 0.333. The van der Waals surface area contributed by atoms with E-state index in [2.05, 4.69) is 20.9 Å². The smallest absolute Gasteiger partial charge is 0.336 e. The largest absolute Gasteiger partial charge is 0.493 e. The lowest BCUT2D eigenvalue weighted by molar-refractivity contribution is 0.224. The molecule has 1 saturated heterocycles. The Labute approximate surface area is 158 Å². The summed E-state index contributed by atoms with van der Waals surface area (Å²) in [6.45, 7) is 5.74. The number of fused-ring (bicyclic) bond motifs is 1. The standard InChI is InChI=1S/C21H23N3O3/c25-21-8-6-17-5-7-18(16-19(17)27-21)26-15-3-10-23-11-13-24(14-12-23)20-4-1-2-9-22-20/h1-2,4-9,16H,3,10-15H2. The number of hydrogen-bond acceptors (Lipinski definition) is 6. The van der Waals surface area contributed by atoms with Gasteiger partial charge in [-0.3, -0.25) is 4.90 Å². The monoisotopic (exact) mass is 365 g/mol. The lowest BCUT2D eigenvalue weighted by Crippen LogP contribution is -2.47. The van der Waals surface area contributed by atoms with Crippen molar-refractivity contribution in [2.24, 2.45) is 0 Å². The molecule has 3 heterocycles. The van der Waals surface area contributed by atoms with Gasteiger partial charge in [0.1, 0.15) is 17.2 Å². The van der Waals surface area contributed by atoms with E-state index >= 15 is 0 Å². The fourth-order valence-electron chi connectivity index (χ4n) is 3.35. The van der Waals surface area contributed by atoms with Crippen LogP contribution in [0.2, 0.25) is 0 Å². The summed E-state index contributed by atoms with van der Waals surface area (Å²) >= 11 is 0. The SMILES string of the molecule is O=c1ccc2ccc(OCCCN3CCN(c4ccccn4)CC3)cc2o1. The second-order valence-corrected chi connectivity index (χ2v) is 6.67. The molecule has 2 aromatic heterocycles. The van der Waals surface area contributed by atoms with Gasteiger partial charge < -0.3 is 14.1 Å². The Morgan fingerprint density at radius 3 is 2.70 bits per heavy atom. The summed E-state index contributed by atoms with van der Waals surface area (Å²) in [5.41, 5.74) is 0.218. The van der Waals surface area contributed by atoms with E-state index in [0.717, 1.165) is 56.1 Å². The lowest BCUT2D eigenvalue weighted by Gasteiger charge is -2.35. The highest BCUT2D eigenvalue weighted by Gasteiger charge is 2.17. The molecule has 1 aromatic carbocycles. The Kier molecular flexibility index (Phi) is 5.34. The van der Waals surface area contributed by atoms with Crippen molar-refractivity contribution in [1.29, 1.82) is 0 Å². The summed E-state index contributed by atoms with van der Waals surface area (Å²) in [5, 5.41) is 0.896. The van der Waals surface area contributed by atoms with Gasteiger partial charge in [-0.15, -0.1) is 0 Å². The second-order valence-electron chi connectivity index (χ2n) is 6.67. The van der Waals surface area contributed by atoms with Crippen molar-refractivity contribution >= 4 is 16.8 Å². The predicted molar refractivity (Wildman–Crippen MR) is 105 cm³/mol. The van der Waals surface area contributed by atoms with Crippen LogP contribution in [0, 0.1) is 0 Å². The average molecular weight is 365 g/mol. The summed E-state index contributed by atoms with van der Waals surface area (Å²) in [5.74, 6) is 1.79. The lowest BCUT2D eigenvalue weighted by atomic mass is 10.2. The minimum Gasteiger partial charge on any atom is -0.493 e. The molecular formula is C21H23N3O3. The third kappa shape index (κ3) is 4.46. The van der Waals surface area contributed by atoms with Crippen LogP contribution in [0.3, 0.4) is 0 Å². The summed E-state index contributed by atoms with van der Waals surface area (Å²) in [6, 6.07) is 14.8. The van der Waals surface area contributed by atoms with Crippen molar-refractivity contribution in [3.8, 4) is 5.75 Å². The molecule has 27 heavy (non-hydrogen) atoms. The molecule has 0 saturated carbocycles. The highest BCUT2D eigenvalue weighted by Crippen LogP contribution is 2.19. The van der Waals surface area contributed by atoms with Gasteiger partial charge in [-0.2, -0.15) is 0 Å². The van der Waals surface area contributed by atoms with Crippen LogP contribution in [0.25, 0.3) is 11.0 Å². The third-order valence-electron chi connectivity index (χ3n) is 4.83. The topological polar surface area (TPSA) is 58.8 Å². The first-order valence-corrected chi connectivity index (χ1v) is 9.33. The number of nitrogens with zero attached hydrogens (tertiary/aromatic N) is 3.